The molecule has 15 heavy (non-hydrogen) atoms. The van der Waals surface area contributed by atoms with Crippen molar-refractivity contribution in [2.75, 3.05) is 0 Å². The van der Waals surface area contributed by atoms with Crippen LogP contribution in [0.2, 0.25) is 0 Å². The minimum Gasteiger partial charge on any atom is -0.103 e. The van der Waals surface area contributed by atoms with Crippen LogP contribution in [-0.4, -0.2) is 0 Å². The van der Waals surface area contributed by atoms with Gasteiger partial charge in [-0.05, 0) is 24.2 Å². The zero-order valence-electron chi connectivity index (χ0n) is 11.9. The summed E-state index contributed by atoms with van der Waals surface area (Å²) in [5, 5.41) is 0. The van der Waals surface area contributed by atoms with Gasteiger partial charge in [0.05, 0.1) is 0 Å². The molecule has 0 amide bonds. The van der Waals surface area contributed by atoms with Gasteiger partial charge in [0, 0.05) is 0 Å². The van der Waals surface area contributed by atoms with E-state index in [1.807, 2.05) is 13.8 Å². The molecule has 0 bridgehead atoms. The standard InChI is InChI=1S/C8H14.C5H12.C2H6/c1-3-8(2)6-4-5-7-8;1-4-5(2)3;1-2/h3H,1,4-7H2,2H3;5H,4H2,1-3H3;1-2H3. The summed E-state index contributed by atoms with van der Waals surface area (Å²) in [5.41, 5.74) is 0.500. The molecule has 0 atom stereocenters. The predicted molar refractivity (Wildman–Crippen MR) is 73.2 cm³/mol. The first-order valence-corrected chi connectivity index (χ1v) is 6.67. The Morgan fingerprint density at radius 2 is 1.53 bits per heavy atom. The summed E-state index contributed by atoms with van der Waals surface area (Å²) >= 11 is 0. The number of allylic oxidation sites excluding steroid dienone is 1. The molecule has 0 heterocycles. The summed E-state index contributed by atoms with van der Waals surface area (Å²) in [5.74, 6) is 0.884. The molecule has 0 heteroatoms. The van der Waals surface area contributed by atoms with Crippen LogP contribution in [0.1, 0.15) is 73.6 Å². The van der Waals surface area contributed by atoms with Crippen molar-refractivity contribution in [2.24, 2.45) is 11.3 Å². The molecule has 0 aliphatic heterocycles. The van der Waals surface area contributed by atoms with Gasteiger partial charge in [-0.3, -0.25) is 0 Å². The molecule has 0 radical (unpaired) electrons. The van der Waals surface area contributed by atoms with E-state index in [0.717, 1.165) is 5.92 Å². The SMILES string of the molecule is C=CC1(C)CCCC1.CC.CCC(C)C. The Morgan fingerprint density at radius 3 is 1.67 bits per heavy atom. The maximum atomic E-state index is 3.81. The maximum Gasteiger partial charge on any atom is -0.0149 e. The number of rotatable bonds is 2. The second-order valence-corrected chi connectivity index (χ2v) is 4.87. The molecule has 0 aromatic rings. The lowest BCUT2D eigenvalue weighted by atomic mass is 9.90. The van der Waals surface area contributed by atoms with E-state index in [2.05, 4.69) is 40.3 Å². The van der Waals surface area contributed by atoms with E-state index >= 15 is 0 Å². The zero-order valence-corrected chi connectivity index (χ0v) is 11.9. The molecule has 1 aliphatic carbocycles. The summed E-state index contributed by atoms with van der Waals surface area (Å²) in [7, 11) is 0. The molecular weight excluding hydrogens is 180 g/mol. The monoisotopic (exact) mass is 212 g/mol. The van der Waals surface area contributed by atoms with Crippen LogP contribution in [0.25, 0.3) is 0 Å². The second-order valence-electron chi connectivity index (χ2n) is 4.87. The fourth-order valence-corrected chi connectivity index (χ4v) is 1.39. The van der Waals surface area contributed by atoms with Gasteiger partial charge in [0.25, 0.3) is 0 Å². The van der Waals surface area contributed by atoms with Crippen molar-refractivity contribution >= 4 is 0 Å². The molecule has 0 aromatic heterocycles. The molecule has 92 valence electrons. The van der Waals surface area contributed by atoms with Crippen LogP contribution in [0.5, 0.6) is 0 Å². The highest BCUT2D eigenvalue weighted by Crippen LogP contribution is 2.37. The minimum absolute atomic E-state index is 0.500. The quantitative estimate of drug-likeness (QED) is 0.505. The Kier molecular flexibility index (Phi) is 11.7. The lowest BCUT2D eigenvalue weighted by molar-refractivity contribution is 0.447. The van der Waals surface area contributed by atoms with Crippen molar-refractivity contribution in [2.45, 2.75) is 73.6 Å². The summed E-state index contributed by atoms with van der Waals surface area (Å²) < 4.78 is 0. The first-order valence-electron chi connectivity index (χ1n) is 6.67. The zero-order chi connectivity index (χ0) is 12.3. The topological polar surface area (TPSA) is 0 Å². The van der Waals surface area contributed by atoms with E-state index in [4.69, 9.17) is 0 Å². The van der Waals surface area contributed by atoms with Crippen molar-refractivity contribution in [3.05, 3.63) is 12.7 Å². The fraction of sp³-hybridized carbons (Fsp3) is 0.867. The van der Waals surface area contributed by atoms with Crippen LogP contribution >= 0.6 is 0 Å². The van der Waals surface area contributed by atoms with Crippen LogP contribution in [0.4, 0.5) is 0 Å². The van der Waals surface area contributed by atoms with E-state index in [0.29, 0.717) is 5.41 Å². The van der Waals surface area contributed by atoms with E-state index in [9.17, 15) is 0 Å². The van der Waals surface area contributed by atoms with Crippen molar-refractivity contribution in [1.29, 1.82) is 0 Å². The van der Waals surface area contributed by atoms with Crippen molar-refractivity contribution in [3.63, 3.8) is 0 Å². The first kappa shape index (κ1) is 17.1. The van der Waals surface area contributed by atoms with Gasteiger partial charge in [-0.1, -0.05) is 66.9 Å². The van der Waals surface area contributed by atoms with E-state index in [-0.39, 0.29) is 0 Å². The largest absolute Gasteiger partial charge is 0.103 e. The van der Waals surface area contributed by atoms with Gasteiger partial charge in [-0.15, -0.1) is 6.58 Å². The highest BCUT2D eigenvalue weighted by Gasteiger charge is 2.24. The van der Waals surface area contributed by atoms with Gasteiger partial charge in [-0.25, -0.2) is 0 Å². The van der Waals surface area contributed by atoms with Crippen molar-refractivity contribution < 1.29 is 0 Å². The molecule has 0 aromatic carbocycles. The number of hydrogen-bond acceptors (Lipinski definition) is 0. The predicted octanol–water partition coefficient (Wildman–Crippen LogP) is 5.83. The van der Waals surface area contributed by atoms with Crippen molar-refractivity contribution in [1.82, 2.24) is 0 Å². The first-order chi connectivity index (χ1) is 7.04. The molecule has 0 unspecified atom stereocenters. The lowest BCUT2D eigenvalue weighted by Gasteiger charge is -2.15. The average molecular weight is 212 g/mol. The Bertz CT molecular complexity index is 127. The normalized spacial score (nSPS) is 17.3. The van der Waals surface area contributed by atoms with E-state index in [1.54, 1.807) is 0 Å². The molecule has 0 nitrogen and oxygen atoms in total. The van der Waals surface area contributed by atoms with Crippen LogP contribution in [0.15, 0.2) is 12.7 Å². The maximum absolute atomic E-state index is 3.81. The summed E-state index contributed by atoms with van der Waals surface area (Å²) in [4.78, 5) is 0. The van der Waals surface area contributed by atoms with Gasteiger partial charge in [-0.2, -0.15) is 0 Å². The van der Waals surface area contributed by atoms with Crippen LogP contribution < -0.4 is 0 Å². The van der Waals surface area contributed by atoms with Gasteiger partial charge in [0.15, 0.2) is 0 Å². The fourth-order valence-electron chi connectivity index (χ4n) is 1.39. The highest BCUT2D eigenvalue weighted by atomic mass is 14.3. The van der Waals surface area contributed by atoms with Crippen molar-refractivity contribution in [3.8, 4) is 0 Å². The third-order valence-electron chi connectivity index (χ3n) is 3.06. The van der Waals surface area contributed by atoms with Crippen LogP contribution in [-0.2, 0) is 0 Å². The second kappa shape index (κ2) is 10.3. The third kappa shape index (κ3) is 10.0. The molecule has 0 spiro atoms. The Balaban J connectivity index is 0. The van der Waals surface area contributed by atoms with Gasteiger partial charge < -0.3 is 0 Å². The minimum atomic E-state index is 0.500. The molecular formula is C15H32. The highest BCUT2D eigenvalue weighted by molar-refractivity contribution is 4.94. The number of hydrogen-bond donors (Lipinski definition) is 0. The molecule has 1 rings (SSSR count). The molecule has 1 fully saturated rings. The van der Waals surface area contributed by atoms with E-state index < -0.39 is 0 Å². The van der Waals surface area contributed by atoms with Crippen LogP contribution in [0.3, 0.4) is 0 Å². The molecule has 0 saturated heterocycles. The Morgan fingerprint density at radius 1 is 1.20 bits per heavy atom. The summed E-state index contributed by atoms with van der Waals surface area (Å²) in [6.45, 7) is 16.8. The summed E-state index contributed by atoms with van der Waals surface area (Å²) in [6.07, 6.45) is 8.94. The smallest absolute Gasteiger partial charge is 0.0149 e. The summed E-state index contributed by atoms with van der Waals surface area (Å²) in [6, 6.07) is 0. The third-order valence-corrected chi connectivity index (χ3v) is 3.06. The van der Waals surface area contributed by atoms with Crippen LogP contribution in [0, 0.1) is 11.3 Å². The Hall–Kier alpha value is -0.260. The lowest BCUT2D eigenvalue weighted by Crippen LogP contribution is -2.04. The molecule has 1 saturated carbocycles. The molecule has 0 N–H and O–H groups in total. The van der Waals surface area contributed by atoms with Gasteiger partial charge in [0.1, 0.15) is 0 Å². The van der Waals surface area contributed by atoms with Gasteiger partial charge in [0.2, 0.25) is 0 Å². The van der Waals surface area contributed by atoms with Gasteiger partial charge >= 0.3 is 0 Å². The van der Waals surface area contributed by atoms with E-state index in [1.165, 1.54) is 32.1 Å². The molecule has 1 aliphatic rings. The average Bonchev–Trinajstić information content (AvgIpc) is 2.70. The Labute approximate surface area is 98.2 Å².